The van der Waals surface area contributed by atoms with Gasteiger partial charge in [-0.2, -0.15) is 0 Å². The third kappa shape index (κ3) is 5.01. The molecular weight excluding hydrogens is 238 g/mol. The molecule has 4 heteroatoms. The minimum Gasteiger partial charge on any atom is -0.330 e. The first-order chi connectivity index (χ1) is 9.24. The molecule has 0 bridgehead atoms. The van der Waals surface area contributed by atoms with Gasteiger partial charge in [0.2, 0.25) is 0 Å². The topological polar surface area (TPSA) is 49.6 Å². The zero-order valence-electron chi connectivity index (χ0n) is 12.7. The predicted octanol–water partition coefficient (Wildman–Crippen LogP) is 2.82. The second kappa shape index (κ2) is 9.18. The molecule has 19 heavy (non-hydrogen) atoms. The quantitative estimate of drug-likeness (QED) is 0.754. The van der Waals surface area contributed by atoms with Crippen LogP contribution in [-0.2, 0) is 0 Å². The molecule has 0 radical (unpaired) electrons. The highest BCUT2D eigenvalue weighted by Gasteiger charge is 2.26. The summed E-state index contributed by atoms with van der Waals surface area (Å²) in [5.41, 5.74) is 5.63. The standard InChI is InChI=1S/C15H31N3O/c1-3-17(4-2)15(19)18(13-9-12-16)14-10-7-5-6-8-11-14/h14H,3-13,16H2,1-2H3. The fraction of sp³-hybridized carbons (Fsp3) is 0.933. The van der Waals surface area contributed by atoms with Crippen LogP contribution in [0.1, 0.15) is 58.8 Å². The molecule has 0 aliphatic heterocycles. The molecule has 1 aliphatic carbocycles. The van der Waals surface area contributed by atoms with E-state index in [1.165, 1.54) is 25.7 Å². The molecule has 112 valence electrons. The van der Waals surface area contributed by atoms with Gasteiger partial charge < -0.3 is 15.5 Å². The minimum absolute atomic E-state index is 0.213. The Balaban J connectivity index is 2.70. The minimum atomic E-state index is 0.213. The molecule has 1 fully saturated rings. The molecule has 0 aromatic carbocycles. The van der Waals surface area contributed by atoms with E-state index in [0.29, 0.717) is 12.6 Å². The van der Waals surface area contributed by atoms with Gasteiger partial charge in [0.1, 0.15) is 0 Å². The van der Waals surface area contributed by atoms with Gasteiger partial charge in [0.15, 0.2) is 0 Å². The second-order valence-corrected chi connectivity index (χ2v) is 5.44. The molecule has 0 unspecified atom stereocenters. The normalized spacial score (nSPS) is 17.0. The number of carbonyl (C=O) groups is 1. The van der Waals surface area contributed by atoms with E-state index in [0.717, 1.165) is 38.9 Å². The third-order valence-electron chi connectivity index (χ3n) is 4.15. The van der Waals surface area contributed by atoms with Gasteiger partial charge >= 0.3 is 6.03 Å². The Morgan fingerprint density at radius 2 is 1.68 bits per heavy atom. The lowest BCUT2D eigenvalue weighted by Gasteiger charge is -2.35. The summed E-state index contributed by atoms with van der Waals surface area (Å²) in [7, 11) is 0. The van der Waals surface area contributed by atoms with Crippen LogP contribution in [0.4, 0.5) is 4.79 Å². The van der Waals surface area contributed by atoms with E-state index in [1.807, 2.05) is 4.90 Å². The first-order valence-electron chi connectivity index (χ1n) is 8.00. The summed E-state index contributed by atoms with van der Waals surface area (Å²) in [6, 6.07) is 0.646. The number of carbonyl (C=O) groups excluding carboxylic acids is 1. The highest BCUT2D eigenvalue weighted by Crippen LogP contribution is 2.23. The number of urea groups is 1. The lowest BCUT2D eigenvalue weighted by molar-refractivity contribution is 0.130. The number of hydrogen-bond acceptors (Lipinski definition) is 2. The molecule has 1 saturated carbocycles. The summed E-state index contributed by atoms with van der Waals surface area (Å²) in [4.78, 5) is 16.7. The molecule has 1 rings (SSSR count). The van der Waals surface area contributed by atoms with Gasteiger partial charge in [-0.15, -0.1) is 0 Å². The molecular formula is C15H31N3O. The van der Waals surface area contributed by atoms with Crippen molar-refractivity contribution >= 4 is 6.03 Å². The van der Waals surface area contributed by atoms with Crippen LogP contribution in [0, 0.1) is 0 Å². The van der Waals surface area contributed by atoms with Gasteiger partial charge in [-0.1, -0.05) is 25.7 Å². The number of nitrogens with zero attached hydrogens (tertiary/aromatic N) is 2. The lowest BCUT2D eigenvalue weighted by Crippen LogP contribution is -2.48. The molecule has 0 aromatic heterocycles. The van der Waals surface area contributed by atoms with Crippen molar-refractivity contribution in [3.63, 3.8) is 0 Å². The average Bonchev–Trinajstić information content (AvgIpc) is 2.70. The summed E-state index contributed by atoms with van der Waals surface area (Å²) in [6.45, 7) is 7.17. The smallest absolute Gasteiger partial charge is 0.320 e. The van der Waals surface area contributed by atoms with E-state index < -0.39 is 0 Å². The Labute approximate surface area is 118 Å². The van der Waals surface area contributed by atoms with E-state index >= 15 is 0 Å². The van der Waals surface area contributed by atoms with Crippen molar-refractivity contribution in [1.29, 1.82) is 0 Å². The monoisotopic (exact) mass is 269 g/mol. The van der Waals surface area contributed by atoms with Crippen LogP contribution in [0.2, 0.25) is 0 Å². The van der Waals surface area contributed by atoms with Crippen molar-refractivity contribution in [1.82, 2.24) is 9.80 Å². The molecule has 0 spiro atoms. The van der Waals surface area contributed by atoms with E-state index in [1.54, 1.807) is 0 Å². The largest absolute Gasteiger partial charge is 0.330 e. The Kier molecular flexibility index (Phi) is 7.87. The lowest BCUT2D eigenvalue weighted by atomic mass is 10.1. The Morgan fingerprint density at radius 3 is 2.16 bits per heavy atom. The van der Waals surface area contributed by atoms with Crippen LogP contribution in [0.3, 0.4) is 0 Å². The van der Waals surface area contributed by atoms with Crippen LogP contribution >= 0.6 is 0 Å². The van der Waals surface area contributed by atoms with Gasteiger partial charge in [0.25, 0.3) is 0 Å². The molecule has 2 amide bonds. The highest BCUT2D eigenvalue weighted by molar-refractivity contribution is 5.74. The maximum absolute atomic E-state index is 12.6. The van der Waals surface area contributed by atoms with Crippen LogP contribution in [0.5, 0.6) is 0 Å². The van der Waals surface area contributed by atoms with E-state index in [2.05, 4.69) is 18.7 Å². The molecule has 0 heterocycles. The van der Waals surface area contributed by atoms with Crippen molar-refractivity contribution in [2.24, 2.45) is 5.73 Å². The van der Waals surface area contributed by atoms with Crippen LogP contribution in [0.25, 0.3) is 0 Å². The predicted molar refractivity (Wildman–Crippen MR) is 80.2 cm³/mol. The van der Waals surface area contributed by atoms with Gasteiger partial charge in [0, 0.05) is 25.7 Å². The number of rotatable bonds is 6. The summed E-state index contributed by atoms with van der Waals surface area (Å²) in [5.74, 6) is 0. The molecule has 2 N–H and O–H groups in total. The van der Waals surface area contributed by atoms with E-state index in [9.17, 15) is 4.79 Å². The maximum atomic E-state index is 12.6. The van der Waals surface area contributed by atoms with E-state index in [-0.39, 0.29) is 6.03 Å². The first kappa shape index (κ1) is 16.3. The zero-order valence-corrected chi connectivity index (χ0v) is 12.7. The Morgan fingerprint density at radius 1 is 1.11 bits per heavy atom. The van der Waals surface area contributed by atoms with Crippen molar-refractivity contribution in [3.8, 4) is 0 Å². The number of amides is 2. The molecule has 1 aliphatic rings. The average molecular weight is 269 g/mol. The van der Waals surface area contributed by atoms with Crippen LogP contribution in [-0.4, -0.2) is 48.1 Å². The fourth-order valence-corrected chi connectivity index (χ4v) is 2.94. The molecule has 0 aromatic rings. The fourth-order valence-electron chi connectivity index (χ4n) is 2.94. The molecule has 0 saturated heterocycles. The summed E-state index contributed by atoms with van der Waals surface area (Å²) in [6.07, 6.45) is 8.39. The second-order valence-electron chi connectivity index (χ2n) is 5.44. The summed E-state index contributed by atoms with van der Waals surface area (Å²) in [5, 5.41) is 0. The summed E-state index contributed by atoms with van der Waals surface area (Å²) < 4.78 is 0. The SMILES string of the molecule is CCN(CC)C(=O)N(CCCN)C1CCCCCC1. The Bertz CT molecular complexity index is 246. The van der Waals surface area contributed by atoms with Crippen molar-refractivity contribution in [2.45, 2.75) is 64.8 Å². The Hall–Kier alpha value is -0.770. The van der Waals surface area contributed by atoms with Crippen molar-refractivity contribution in [2.75, 3.05) is 26.2 Å². The summed E-state index contributed by atoms with van der Waals surface area (Å²) >= 11 is 0. The van der Waals surface area contributed by atoms with Gasteiger partial charge in [-0.3, -0.25) is 0 Å². The maximum Gasteiger partial charge on any atom is 0.320 e. The molecule has 0 atom stereocenters. The van der Waals surface area contributed by atoms with Crippen LogP contribution < -0.4 is 5.73 Å². The highest BCUT2D eigenvalue weighted by atomic mass is 16.2. The molecule has 4 nitrogen and oxygen atoms in total. The van der Waals surface area contributed by atoms with Crippen molar-refractivity contribution in [3.05, 3.63) is 0 Å². The van der Waals surface area contributed by atoms with Crippen LogP contribution in [0.15, 0.2) is 0 Å². The van der Waals surface area contributed by atoms with Crippen molar-refractivity contribution < 1.29 is 4.79 Å². The number of hydrogen-bond donors (Lipinski definition) is 1. The van der Waals surface area contributed by atoms with Gasteiger partial charge in [0.05, 0.1) is 0 Å². The van der Waals surface area contributed by atoms with Gasteiger partial charge in [-0.25, -0.2) is 4.79 Å². The third-order valence-corrected chi connectivity index (χ3v) is 4.15. The first-order valence-corrected chi connectivity index (χ1v) is 8.00. The number of nitrogens with two attached hydrogens (primary N) is 1. The van der Waals surface area contributed by atoms with E-state index in [4.69, 9.17) is 5.73 Å². The zero-order chi connectivity index (χ0) is 14.1. The van der Waals surface area contributed by atoms with Gasteiger partial charge in [-0.05, 0) is 39.7 Å².